The molecule has 2 rings (SSSR count). The predicted octanol–water partition coefficient (Wildman–Crippen LogP) is 2.41. The smallest absolute Gasteiger partial charge is 0.112 e. The monoisotopic (exact) mass is 273 g/mol. The van der Waals surface area contributed by atoms with Crippen molar-refractivity contribution in [2.45, 2.75) is 6.54 Å². The molecule has 0 aliphatic rings. The fourth-order valence-electron chi connectivity index (χ4n) is 1.34. The van der Waals surface area contributed by atoms with Gasteiger partial charge in [0.15, 0.2) is 0 Å². The van der Waals surface area contributed by atoms with Crippen LogP contribution < -0.4 is 5.73 Å². The first-order valence-corrected chi connectivity index (χ1v) is 5.41. The molecule has 14 heavy (non-hydrogen) atoms. The van der Waals surface area contributed by atoms with Crippen LogP contribution in [-0.2, 0) is 6.54 Å². The maximum absolute atomic E-state index is 5.89. The van der Waals surface area contributed by atoms with E-state index < -0.39 is 0 Å². The summed E-state index contributed by atoms with van der Waals surface area (Å²) < 4.78 is 2.77. The number of halogens is 2. The number of fused-ring (bicyclic) bond motifs is 1. The van der Waals surface area contributed by atoms with Crippen molar-refractivity contribution in [2.75, 3.05) is 6.54 Å². The lowest BCUT2D eigenvalue weighted by molar-refractivity contribution is 0.619. The number of nitrogens with zero attached hydrogens (tertiary/aromatic N) is 2. The fraction of sp³-hybridized carbons (Fsp3) is 0.222. The lowest BCUT2D eigenvalue weighted by Crippen LogP contribution is -2.10. The van der Waals surface area contributed by atoms with Crippen LogP contribution in [0.3, 0.4) is 0 Å². The van der Waals surface area contributed by atoms with Crippen molar-refractivity contribution in [1.82, 2.24) is 9.78 Å². The fourth-order valence-corrected chi connectivity index (χ4v) is 2.09. The summed E-state index contributed by atoms with van der Waals surface area (Å²) in [4.78, 5) is 0. The van der Waals surface area contributed by atoms with E-state index in [1.54, 1.807) is 0 Å². The Bertz CT molecular complexity index is 466. The van der Waals surface area contributed by atoms with Gasteiger partial charge in [-0.1, -0.05) is 11.6 Å². The summed E-state index contributed by atoms with van der Waals surface area (Å²) in [6, 6.07) is 5.62. The second-order valence-corrected chi connectivity index (χ2v) is 4.15. The van der Waals surface area contributed by atoms with E-state index in [4.69, 9.17) is 17.3 Å². The Hall–Kier alpha value is -0.580. The van der Waals surface area contributed by atoms with E-state index in [0.29, 0.717) is 18.1 Å². The maximum Gasteiger partial charge on any atom is 0.112 e. The van der Waals surface area contributed by atoms with E-state index in [1.807, 2.05) is 22.9 Å². The number of hydrogen-bond acceptors (Lipinski definition) is 2. The molecule has 0 amide bonds. The Balaban J connectivity index is 2.62. The number of hydrogen-bond donors (Lipinski definition) is 1. The second-order valence-electron chi connectivity index (χ2n) is 2.96. The molecule has 1 aromatic heterocycles. The average molecular weight is 275 g/mol. The molecule has 0 spiro atoms. The van der Waals surface area contributed by atoms with Crippen LogP contribution in [0.1, 0.15) is 0 Å². The zero-order valence-electron chi connectivity index (χ0n) is 7.37. The van der Waals surface area contributed by atoms with E-state index in [0.717, 1.165) is 15.5 Å². The van der Waals surface area contributed by atoms with Crippen molar-refractivity contribution in [1.29, 1.82) is 0 Å². The number of aromatic nitrogens is 2. The molecule has 2 aromatic rings. The molecule has 0 aliphatic heterocycles. The minimum absolute atomic E-state index is 0.570. The molecule has 3 nitrogen and oxygen atoms in total. The highest BCUT2D eigenvalue weighted by molar-refractivity contribution is 9.10. The third-order valence-electron chi connectivity index (χ3n) is 1.98. The highest BCUT2D eigenvalue weighted by Gasteiger charge is 2.07. The van der Waals surface area contributed by atoms with E-state index in [9.17, 15) is 0 Å². The molecule has 0 saturated heterocycles. The summed E-state index contributed by atoms with van der Waals surface area (Å²) >= 11 is 9.37. The van der Waals surface area contributed by atoms with Gasteiger partial charge in [-0.15, -0.1) is 0 Å². The molecule has 0 radical (unpaired) electrons. The van der Waals surface area contributed by atoms with Crippen molar-refractivity contribution in [3.05, 3.63) is 27.8 Å². The Kier molecular flexibility index (Phi) is 2.76. The van der Waals surface area contributed by atoms with Gasteiger partial charge in [0.1, 0.15) is 4.60 Å². The standard InChI is InChI=1S/C9H9BrClN3/c10-9-7-5-6(11)1-2-8(7)13-14(9)4-3-12/h1-2,5H,3-4,12H2. The quantitative estimate of drug-likeness (QED) is 0.914. The molecule has 0 unspecified atom stereocenters. The molecule has 0 aliphatic carbocycles. The number of benzene rings is 1. The van der Waals surface area contributed by atoms with Gasteiger partial charge in [0.2, 0.25) is 0 Å². The Morgan fingerprint density at radius 1 is 1.50 bits per heavy atom. The summed E-state index contributed by atoms with van der Waals surface area (Å²) in [5.41, 5.74) is 6.40. The lowest BCUT2D eigenvalue weighted by Gasteiger charge is -1.98. The highest BCUT2D eigenvalue weighted by atomic mass is 79.9. The first kappa shape index (κ1) is 9.96. The molecule has 1 heterocycles. The molecule has 5 heteroatoms. The number of rotatable bonds is 2. The van der Waals surface area contributed by atoms with Crippen LogP contribution in [0.5, 0.6) is 0 Å². The van der Waals surface area contributed by atoms with Crippen molar-refractivity contribution < 1.29 is 0 Å². The highest BCUT2D eigenvalue weighted by Crippen LogP contribution is 2.26. The zero-order chi connectivity index (χ0) is 10.1. The van der Waals surface area contributed by atoms with Gasteiger partial charge < -0.3 is 5.73 Å². The molecule has 0 bridgehead atoms. The van der Waals surface area contributed by atoms with Gasteiger partial charge in [-0.05, 0) is 34.1 Å². The third-order valence-corrected chi connectivity index (χ3v) is 3.05. The molecule has 1 aromatic carbocycles. The summed E-state index contributed by atoms with van der Waals surface area (Å²) in [7, 11) is 0. The van der Waals surface area contributed by atoms with Crippen LogP contribution >= 0.6 is 27.5 Å². The molecule has 0 atom stereocenters. The number of nitrogens with two attached hydrogens (primary N) is 1. The van der Waals surface area contributed by atoms with Crippen molar-refractivity contribution in [3.8, 4) is 0 Å². The van der Waals surface area contributed by atoms with Gasteiger partial charge in [0.05, 0.1) is 12.1 Å². The largest absolute Gasteiger partial charge is 0.329 e. The van der Waals surface area contributed by atoms with Gasteiger partial charge in [-0.3, -0.25) is 4.68 Å². The Morgan fingerprint density at radius 2 is 2.29 bits per heavy atom. The molecular weight excluding hydrogens is 265 g/mol. The molecule has 0 saturated carbocycles. The van der Waals surface area contributed by atoms with Crippen LogP contribution in [0.15, 0.2) is 22.8 Å². The Morgan fingerprint density at radius 3 is 3.00 bits per heavy atom. The van der Waals surface area contributed by atoms with Crippen LogP contribution in [0.2, 0.25) is 5.02 Å². The van der Waals surface area contributed by atoms with Gasteiger partial charge in [-0.2, -0.15) is 5.10 Å². The lowest BCUT2D eigenvalue weighted by atomic mass is 10.3. The first-order valence-electron chi connectivity index (χ1n) is 4.24. The van der Waals surface area contributed by atoms with E-state index >= 15 is 0 Å². The van der Waals surface area contributed by atoms with E-state index in [1.165, 1.54) is 0 Å². The van der Waals surface area contributed by atoms with Gasteiger partial charge in [0.25, 0.3) is 0 Å². The summed E-state index contributed by atoms with van der Waals surface area (Å²) in [6.45, 7) is 1.27. The van der Waals surface area contributed by atoms with E-state index in [2.05, 4.69) is 21.0 Å². The van der Waals surface area contributed by atoms with Crippen LogP contribution in [0.25, 0.3) is 10.9 Å². The first-order chi connectivity index (χ1) is 6.72. The van der Waals surface area contributed by atoms with Crippen molar-refractivity contribution >= 4 is 38.4 Å². The average Bonchev–Trinajstić information content (AvgIpc) is 2.46. The van der Waals surface area contributed by atoms with Crippen LogP contribution in [0.4, 0.5) is 0 Å². The minimum Gasteiger partial charge on any atom is -0.329 e. The minimum atomic E-state index is 0.570. The predicted molar refractivity (Wildman–Crippen MR) is 61.5 cm³/mol. The summed E-state index contributed by atoms with van der Waals surface area (Å²) in [6.07, 6.45) is 0. The van der Waals surface area contributed by atoms with Crippen molar-refractivity contribution in [2.24, 2.45) is 5.73 Å². The molecular formula is C9H9BrClN3. The molecule has 0 fully saturated rings. The zero-order valence-corrected chi connectivity index (χ0v) is 9.72. The Labute approximate surface area is 95.0 Å². The van der Waals surface area contributed by atoms with E-state index in [-0.39, 0.29) is 0 Å². The van der Waals surface area contributed by atoms with Gasteiger partial charge >= 0.3 is 0 Å². The summed E-state index contributed by atoms with van der Waals surface area (Å²) in [5, 5.41) is 6.11. The normalized spacial score (nSPS) is 11.1. The molecule has 74 valence electrons. The van der Waals surface area contributed by atoms with Gasteiger partial charge in [-0.25, -0.2) is 0 Å². The van der Waals surface area contributed by atoms with Gasteiger partial charge in [0, 0.05) is 17.0 Å². The third kappa shape index (κ3) is 1.65. The maximum atomic E-state index is 5.89. The topological polar surface area (TPSA) is 43.8 Å². The van der Waals surface area contributed by atoms with Crippen molar-refractivity contribution in [3.63, 3.8) is 0 Å². The molecule has 2 N–H and O–H groups in total. The summed E-state index contributed by atoms with van der Waals surface area (Å²) in [5.74, 6) is 0. The van der Waals surface area contributed by atoms with Crippen LogP contribution in [0, 0.1) is 0 Å². The second kappa shape index (κ2) is 3.88. The van der Waals surface area contributed by atoms with Crippen LogP contribution in [-0.4, -0.2) is 16.3 Å². The SMILES string of the molecule is NCCn1nc2ccc(Cl)cc2c1Br.